The average molecular weight is 354 g/mol. The Morgan fingerprint density at radius 2 is 2.15 bits per heavy atom. The van der Waals surface area contributed by atoms with E-state index >= 15 is 0 Å². The Labute approximate surface area is 153 Å². The summed E-state index contributed by atoms with van der Waals surface area (Å²) >= 11 is 0. The van der Waals surface area contributed by atoms with Crippen LogP contribution in [0.4, 0.5) is 0 Å². The number of Topliss-reactive ketones (excluding diaryl/α,β-unsaturated/α-hetero) is 1. The minimum absolute atomic E-state index is 0.0169. The molecule has 0 radical (unpaired) electrons. The van der Waals surface area contributed by atoms with Gasteiger partial charge in [0.15, 0.2) is 5.78 Å². The highest BCUT2D eigenvalue weighted by molar-refractivity contribution is 6.03. The molecule has 2 heterocycles. The number of rotatable bonds is 2. The van der Waals surface area contributed by atoms with Gasteiger partial charge in [0.1, 0.15) is 0 Å². The third-order valence-corrected chi connectivity index (χ3v) is 6.48. The number of fused-ring (bicyclic) bond motifs is 4. The van der Waals surface area contributed by atoms with Crippen molar-refractivity contribution in [1.82, 2.24) is 9.88 Å². The van der Waals surface area contributed by atoms with Crippen LogP contribution in [0.2, 0.25) is 0 Å². The lowest BCUT2D eigenvalue weighted by Gasteiger charge is -2.48. The summed E-state index contributed by atoms with van der Waals surface area (Å²) in [5.41, 5.74) is 1.94. The lowest BCUT2D eigenvalue weighted by molar-refractivity contribution is -0.163. The Bertz CT molecular complexity index is 871. The fraction of sp³-hybridized carbons (Fsp3) is 0.524. The number of ketones is 1. The third kappa shape index (κ3) is 2.41. The second kappa shape index (κ2) is 6.23. The van der Waals surface area contributed by atoms with Crippen LogP contribution in [0.15, 0.2) is 24.3 Å². The summed E-state index contributed by atoms with van der Waals surface area (Å²) in [6, 6.07) is 7.97. The van der Waals surface area contributed by atoms with Gasteiger partial charge in [-0.15, -0.1) is 0 Å². The van der Waals surface area contributed by atoms with Crippen LogP contribution in [0, 0.1) is 17.3 Å². The molecule has 0 bridgehead atoms. The number of para-hydroxylation sites is 1. The van der Waals surface area contributed by atoms with Gasteiger partial charge in [0.05, 0.1) is 18.2 Å². The number of hydrogen-bond acceptors (Lipinski definition) is 4. The van der Waals surface area contributed by atoms with Gasteiger partial charge in [0, 0.05) is 30.4 Å². The first-order valence-corrected chi connectivity index (χ1v) is 9.40. The molecule has 1 aliphatic carbocycles. The van der Waals surface area contributed by atoms with Gasteiger partial charge < -0.3 is 14.6 Å². The molecule has 0 saturated carbocycles. The fourth-order valence-electron chi connectivity index (χ4n) is 5.34. The molecule has 4 rings (SSSR count). The van der Waals surface area contributed by atoms with Crippen LogP contribution in [0.1, 0.15) is 35.8 Å². The Morgan fingerprint density at radius 1 is 1.38 bits per heavy atom. The van der Waals surface area contributed by atoms with Crippen molar-refractivity contribution in [2.45, 2.75) is 26.2 Å². The number of nitrogens with zero attached hydrogens (tertiary/aromatic N) is 1. The summed E-state index contributed by atoms with van der Waals surface area (Å²) in [6.45, 7) is 3.70. The number of nitrogens with one attached hydrogen (secondary N) is 1. The van der Waals surface area contributed by atoms with E-state index in [1.165, 1.54) is 7.11 Å². The molecule has 2 aromatic rings. The van der Waals surface area contributed by atoms with E-state index in [-0.39, 0.29) is 17.7 Å². The zero-order chi connectivity index (χ0) is 18.5. The number of hydrogen-bond donors (Lipinski definition) is 1. The summed E-state index contributed by atoms with van der Waals surface area (Å²) in [6.07, 6.45) is 1.91. The maximum absolute atomic E-state index is 13.1. The van der Waals surface area contributed by atoms with Crippen LogP contribution in [-0.2, 0) is 16.0 Å². The second-order valence-electron chi connectivity index (χ2n) is 7.95. The summed E-state index contributed by atoms with van der Waals surface area (Å²) in [4.78, 5) is 31.8. The minimum atomic E-state index is -0.672. The molecule has 1 saturated heterocycles. The van der Waals surface area contributed by atoms with E-state index in [0.29, 0.717) is 31.0 Å². The van der Waals surface area contributed by atoms with E-state index in [1.807, 2.05) is 24.3 Å². The Kier molecular flexibility index (Phi) is 4.14. The van der Waals surface area contributed by atoms with E-state index < -0.39 is 5.41 Å². The first-order chi connectivity index (χ1) is 12.5. The van der Waals surface area contributed by atoms with E-state index in [0.717, 1.165) is 29.4 Å². The maximum Gasteiger partial charge on any atom is 0.313 e. The van der Waals surface area contributed by atoms with E-state index in [9.17, 15) is 9.59 Å². The summed E-state index contributed by atoms with van der Waals surface area (Å²) in [7, 11) is 3.53. The molecule has 1 aliphatic heterocycles. The van der Waals surface area contributed by atoms with Gasteiger partial charge in [-0.3, -0.25) is 9.59 Å². The van der Waals surface area contributed by atoms with Crippen LogP contribution in [0.25, 0.3) is 10.9 Å². The number of aromatic amines is 1. The zero-order valence-electron chi connectivity index (χ0n) is 15.7. The number of esters is 1. The zero-order valence-corrected chi connectivity index (χ0v) is 15.7. The van der Waals surface area contributed by atoms with Gasteiger partial charge in [-0.25, -0.2) is 0 Å². The molecule has 3 atom stereocenters. The molecule has 1 N–H and O–H groups in total. The van der Waals surface area contributed by atoms with Crippen molar-refractivity contribution in [2.75, 3.05) is 27.2 Å². The molecule has 26 heavy (non-hydrogen) atoms. The summed E-state index contributed by atoms with van der Waals surface area (Å²) < 4.78 is 5.30. The first-order valence-electron chi connectivity index (χ1n) is 9.40. The molecule has 5 heteroatoms. The predicted octanol–water partition coefficient (Wildman–Crippen LogP) is 3.04. The maximum atomic E-state index is 13.1. The first kappa shape index (κ1) is 17.3. The number of H-pyrrole nitrogens is 1. The molecule has 1 aromatic heterocycles. The topological polar surface area (TPSA) is 62.4 Å². The Morgan fingerprint density at radius 3 is 2.88 bits per heavy atom. The van der Waals surface area contributed by atoms with Crippen molar-refractivity contribution in [3.05, 3.63) is 35.5 Å². The molecule has 0 spiro atoms. The number of piperidine rings is 1. The standard InChI is InChI=1S/C21H26N2O3/c1-4-13-11-23(2)12-21(20(25)26-3)10-15-14-7-5-6-8-17(14)22-19(15)18(24)9-16(13)21/h5-8,13,16,22H,4,9-12H2,1-3H3/t13-,16-,21-/m1/s1. The largest absolute Gasteiger partial charge is 0.469 e. The average Bonchev–Trinajstić information content (AvgIpc) is 2.95. The van der Waals surface area contributed by atoms with Crippen LogP contribution in [0.5, 0.6) is 0 Å². The van der Waals surface area contributed by atoms with Crippen molar-refractivity contribution < 1.29 is 14.3 Å². The van der Waals surface area contributed by atoms with E-state index in [2.05, 4.69) is 23.9 Å². The van der Waals surface area contributed by atoms with Crippen molar-refractivity contribution in [3.8, 4) is 0 Å². The van der Waals surface area contributed by atoms with Gasteiger partial charge in [-0.2, -0.15) is 0 Å². The summed E-state index contributed by atoms with van der Waals surface area (Å²) in [5.74, 6) is 0.267. The van der Waals surface area contributed by atoms with Gasteiger partial charge in [-0.1, -0.05) is 31.5 Å². The van der Waals surface area contributed by atoms with Gasteiger partial charge >= 0.3 is 5.97 Å². The van der Waals surface area contributed by atoms with Crippen molar-refractivity contribution in [2.24, 2.45) is 17.3 Å². The molecule has 1 aromatic carbocycles. The number of ether oxygens (including phenoxy) is 1. The van der Waals surface area contributed by atoms with Gasteiger partial charge in [-0.05, 0) is 36.9 Å². The predicted molar refractivity (Wildman–Crippen MR) is 100 cm³/mol. The van der Waals surface area contributed by atoms with Gasteiger partial charge in [0.25, 0.3) is 0 Å². The number of likely N-dealkylation sites (tertiary alicyclic amines) is 1. The molecular formula is C21H26N2O3. The third-order valence-electron chi connectivity index (χ3n) is 6.48. The second-order valence-corrected chi connectivity index (χ2v) is 7.95. The molecular weight excluding hydrogens is 328 g/mol. The minimum Gasteiger partial charge on any atom is -0.469 e. The number of aromatic nitrogens is 1. The molecule has 2 aliphatic rings. The molecule has 0 unspecified atom stereocenters. The van der Waals surface area contributed by atoms with Crippen molar-refractivity contribution >= 4 is 22.7 Å². The van der Waals surface area contributed by atoms with Crippen molar-refractivity contribution in [3.63, 3.8) is 0 Å². The number of methoxy groups -OCH3 is 1. The van der Waals surface area contributed by atoms with Crippen LogP contribution in [0.3, 0.4) is 0 Å². The number of carbonyl (C=O) groups is 2. The van der Waals surface area contributed by atoms with Gasteiger partial charge in [0.2, 0.25) is 0 Å². The molecule has 1 fully saturated rings. The lowest BCUT2D eigenvalue weighted by Crippen LogP contribution is -2.57. The van der Waals surface area contributed by atoms with E-state index in [1.54, 1.807) is 0 Å². The molecule has 138 valence electrons. The smallest absolute Gasteiger partial charge is 0.313 e. The SMILES string of the molecule is CC[C@@H]1CN(C)C[C@]2(C(=O)OC)Cc3c([nH]c4ccccc34)C(=O)C[C@H]12. The lowest BCUT2D eigenvalue weighted by atomic mass is 9.62. The highest BCUT2D eigenvalue weighted by Crippen LogP contribution is 2.49. The highest BCUT2D eigenvalue weighted by atomic mass is 16.5. The molecule has 0 amide bonds. The van der Waals surface area contributed by atoms with Crippen molar-refractivity contribution in [1.29, 1.82) is 0 Å². The highest BCUT2D eigenvalue weighted by Gasteiger charge is 2.55. The number of carbonyl (C=O) groups excluding carboxylic acids is 2. The number of benzene rings is 1. The van der Waals surface area contributed by atoms with E-state index in [4.69, 9.17) is 4.74 Å². The Balaban J connectivity index is 1.93. The Hall–Kier alpha value is -2.14. The van der Waals surface area contributed by atoms with Crippen LogP contribution < -0.4 is 0 Å². The van der Waals surface area contributed by atoms with Crippen LogP contribution in [-0.4, -0.2) is 48.9 Å². The fourth-order valence-corrected chi connectivity index (χ4v) is 5.34. The molecule has 5 nitrogen and oxygen atoms in total. The summed E-state index contributed by atoms with van der Waals surface area (Å²) in [5, 5.41) is 1.04. The normalized spacial score (nSPS) is 29.1. The monoisotopic (exact) mass is 354 g/mol. The van der Waals surface area contributed by atoms with Crippen LogP contribution >= 0.6 is 0 Å². The quantitative estimate of drug-likeness (QED) is 0.842.